The fourth-order valence-corrected chi connectivity index (χ4v) is 9.61. The lowest BCUT2D eigenvalue weighted by atomic mass is 9.70. The van der Waals surface area contributed by atoms with Gasteiger partial charge in [0.2, 0.25) is 0 Å². The summed E-state index contributed by atoms with van der Waals surface area (Å²) in [5.41, 5.74) is 3.39. The van der Waals surface area contributed by atoms with E-state index in [1.807, 2.05) is 0 Å². The number of rotatable bonds is 20. The number of ether oxygens (including phenoxy) is 1. The second-order valence-electron chi connectivity index (χ2n) is 15.9. The molecule has 43 heavy (non-hydrogen) atoms. The van der Waals surface area contributed by atoms with Crippen molar-refractivity contribution in [3.8, 4) is 0 Å². The SMILES string of the molecule is CCCCCCCC1CCC(C2CC=C(CCOCCC3=CCC(C4CCC(CCCCCCC)CC4)CC3)CC2)CC1. The van der Waals surface area contributed by atoms with E-state index in [0.717, 1.165) is 48.7 Å². The van der Waals surface area contributed by atoms with E-state index in [1.54, 1.807) is 11.1 Å². The lowest BCUT2D eigenvalue weighted by Crippen LogP contribution is -2.23. The maximum Gasteiger partial charge on any atom is 0.0503 e. The van der Waals surface area contributed by atoms with Gasteiger partial charge in [0.15, 0.2) is 0 Å². The molecular formula is C42H74O. The van der Waals surface area contributed by atoms with Crippen LogP contribution in [0.5, 0.6) is 0 Å². The third-order valence-corrected chi connectivity index (χ3v) is 12.8. The predicted molar refractivity (Wildman–Crippen MR) is 189 cm³/mol. The van der Waals surface area contributed by atoms with E-state index in [4.69, 9.17) is 4.74 Å². The third-order valence-electron chi connectivity index (χ3n) is 12.8. The van der Waals surface area contributed by atoms with Gasteiger partial charge in [0.1, 0.15) is 0 Å². The third kappa shape index (κ3) is 13.4. The van der Waals surface area contributed by atoms with Crippen LogP contribution in [0.25, 0.3) is 0 Å². The standard InChI is InChI=1S/C42H74O/c1-3-5-7-9-11-13-35-15-23-39(24-16-35)41-27-19-37(20-28-41)31-33-43-34-32-38-21-29-42(30-22-38)40-25-17-36(18-26-40)14-12-10-8-6-4-2/h19,21,35-36,39-42H,3-18,20,22-34H2,1-2H3. The topological polar surface area (TPSA) is 9.23 Å². The summed E-state index contributed by atoms with van der Waals surface area (Å²) in [6.07, 6.45) is 45.6. The van der Waals surface area contributed by atoms with Crippen LogP contribution in [0.15, 0.2) is 23.3 Å². The molecular weight excluding hydrogens is 520 g/mol. The monoisotopic (exact) mass is 595 g/mol. The average molecular weight is 595 g/mol. The van der Waals surface area contributed by atoms with Crippen molar-refractivity contribution in [3.05, 3.63) is 23.3 Å². The van der Waals surface area contributed by atoms with Gasteiger partial charge < -0.3 is 4.74 Å². The summed E-state index contributed by atoms with van der Waals surface area (Å²) in [7, 11) is 0. The Bertz CT molecular complexity index is 698. The fourth-order valence-electron chi connectivity index (χ4n) is 9.61. The Kier molecular flexibility index (Phi) is 17.5. The van der Waals surface area contributed by atoms with Crippen molar-refractivity contribution in [2.75, 3.05) is 13.2 Å². The van der Waals surface area contributed by atoms with Gasteiger partial charge in [-0.15, -0.1) is 0 Å². The van der Waals surface area contributed by atoms with Crippen LogP contribution in [0, 0.1) is 35.5 Å². The Labute approximate surface area is 269 Å². The van der Waals surface area contributed by atoms with Gasteiger partial charge in [-0.3, -0.25) is 0 Å². The molecule has 1 heteroatoms. The summed E-state index contributed by atoms with van der Waals surface area (Å²) in [6, 6.07) is 0. The number of unbranched alkanes of at least 4 members (excludes halogenated alkanes) is 8. The molecule has 1 nitrogen and oxygen atoms in total. The Balaban J connectivity index is 0.990. The fraction of sp³-hybridized carbons (Fsp3) is 0.905. The van der Waals surface area contributed by atoms with Gasteiger partial charge >= 0.3 is 0 Å². The number of hydrogen-bond donors (Lipinski definition) is 0. The van der Waals surface area contributed by atoms with Crippen molar-refractivity contribution < 1.29 is 4.74 Å². The Hall–Kier alpha value is -0.560. The molecule has 2 fully saturated rings. The van der Waals surface area contributed by atoms with Crippen LogP contribution in [0.3, 0.4) is 0 Å². The van der Waals surface area contributed by atoms with Gasteiger partial charge in [0.25, 0.3) is 0 Å². The van der Waals surface area contributed by atoms with E-state index in [0.29, 0.717) is 0 Å². The Morgan fingerprint density at radius 1 is 0.488 bits per heavy atom. The first kappa shape index (κ1) is 35.3. The highest BCUT2D eigenvalue weighted by Gasteiger charge is 2.29. The van der Waals surface area contributed by atoms with Gasteiger partial charge in [-0.05, 0) is 113 Å². The van der Waals surface area contributed by atoms with Crippen molar-refractivity contribution in [3.63, 3.8) is 0 Å². The smallest absolute Gasteiger partial charge is 0.0503 e. The molecule has 0 aliphatic heterocycles. The zero-order valence-electron chi connectivity index (χ0n) is 29.2. The molecule has 0 amide bonds. The maximum atomic E-state index is 6.17. The summed E-state index contributed by atoms with van der Waals surface area (Å²) >= 11 is 0. The molecule has 0 spiro atoms. The van der Waals surface area contributed by atoms with Gasteiger partial charge in [-0.1, -0.05) is 140 Å². The molecule has 2 unspecified atom stereocenters. The van der Waals surface area contributed by atoms with Crippen molar-refractivity contribution >= 4 is 0 Å². The van der Waals surface area contributed by atoms with Gasteiger partial charge in [-0.2, -0.15) is 0 Å². The zero-order valence-corrected chi connectivity index (χ0v) is 29.2. The molecule has 4 aliphatic carbocycles. The van der Waals surface area contributed by atoms with Crippen LogP contribution in [-0.4, -0.2) is 13.2 Å². The van der Waals surface area contributed by atoms with Crippen LogP contribution < -0.4 is 0 Å². The minimum atomic E-state index is 0.942. The van der Waals surface area contributed by atoms with Crippen molar-refractivity contribution in [2.24, 2.45) is 35.5 Å². The van der Waals surface area contributed by atoms with Gasteiger partial charge in [-0.25, -0.2) is 0 Å². The predicted octanol–water partition coefficient (Wildman–Crippen LogP) is 13.6. The van der Waals surface area contributed by atoms with Crippen LogP contribution >= 0.6 is 0 Å². The molecule has 0 aromatic carbocycles. The molecule has 2 atom stereocenters. The van der Waals surface area contributed by atoms with Crippen LogP contribution in [0.1, 0.15) is 194 Å². The molecule has 0 saturated heterocycles. The number of hydrogen-bond acceptors (Lipinski definition) is 1. The summed E-state index contributed by atoms with van der Waals surface area (Å²) in [5, 5.41) is 0. The summed E-state index contributed by atoms with van der Waals surface area (Å²) in [4.78, 5) is 0. The molecule has 4 rings (SSSR count). The van der Waals surface area contributed by atoms with E-state index in [9.17, 15) is 0 Å². The molecule has 0 bridgehead atoms. The first-order valence-corrected chi connectivity index (χ1v) is 20.2. The van der Waals surface area contributed by atoms with Gasteiger partial charge in [0.05, 0.1) is 13.2 Å². The van der Waals surface area contributed by atoms with E-state index >= 15 is 0 Å². The highest BCUT2D eigenvalue weighted by molar-refractivity contribution is 5.08. The minimum Gasteiger partial charge on any atom is -0.381 e. The highest BCUT2D eigenvalue weighted by atomic mass is 16.5. The van der Waals surface area contributed by atoms with E-state index in [1.165, 1.54) is 180 Å². The zero-order chi connectivity index (χ0) is 30.0. The minimum absolute atomic E-state index is 0.942. The van der Waals surface area contributed by atoms with Crippen molar-refractivity contribution in [1.29, 1.82) is 0 Å². The van der Waals surface area contributed by atoms with E-state index in [2.05, 4.69) is 26.0 Å². The largest absolute Gasteiger partial charge is 0.381 e. The van der Waals surface area contributed by atoms with E-state index in [-0.39, 0.29) is 0 Å². The summed E-state index contributed by atoms with van der Waals surface area (Å²) in [6.45, 7) is 6.53. The summed E-state index contributed by atoms with van der Waals surface area (Å²) in [5.74, 6) is 6.10. The van der Waals surface area contributed by atoms with Gasteiger partial charge in [0, 0.05) is 0 Å². The van der Waals surface area contributed by atoms with Crippen molar-refractivity contribution in [2.45, 2.75) is 194 Å². The van der Waals surface area contributed by atoms with Crippen LogP contribution in [0.2, 0.25) is 0 Å². The molecule has 248 valence electrons. The second-order valence-corrected chi connectivity index (χ2v) is 15.9. The number of allylic oxidation sites excluding steroid dienone is 2. The molecule has 0 aromatic rings. The average Bonchev–Trinajstić information content (AvgIpc) is 3.06. The lowest BCUT2D eigenvalue weighted by Gasteiger charge is -2.35. The Morgan fingerprint density at radius 3 is 1.28 bits per heavy atom. The molecule has 0 aromatic heterocycles. The molecule has 4 aliphatic rings. The van der Waals surface area contributed by atoms with Crippen LogP contribution in [0.4, 0.5) is 0 Å². The molecule has 2 saturated carbocycles. The quantitative estimate of drug-likeness (QED) is 0.101. The lowest BCUT2D eigenvalue weighted by molar-refractivity contribution is 0.135. The van der Waals surface area contributed by atoms with Crippen LogP contribution in [-0.2, 0) is 4.74 Å². The molecule has 0 heterocycles. The maximum absolute atomic E-state index is 6.17. The molecule has 0 N–H and O–H groups in total. The highest BCUT2D eigenvalue weighted by Crippen LogP contribution is 2.42. The first-order chi connectivity index (χ1) is 21.2. The van der Waals surface area contributed by atoms with E-state index < -0.39 is 0 Å². The molecule has 0 radical (unpaired) electrons. The Morgan fingerprint density at radius 2 is 0.907 bits per heavy atom. The first-order valence-electron chi connectivity index (χ1n) is 20.2. The normalized spacial score (nSPS) is 30.2. The van der Waals surface area contributed by atoms with Crippen molar-refractivity contribution in [1.82, 2.24) is 0 Å². The second kappa shape index (κ2) is 21.3. The summed E-state index contributed by atoms with van der Waals surface area (Å²) < 4.78 is 6.17.